The van der Waals surface area contributed by atoms with Gasteiger partial charge in [0.1, 0.15) is 5.69 Å². The molecule has 5 nitrogen and oxygen atoms in total. The lowest BCUT2D eigenvalue weighted by atomic mass is 9.83. The number of aliphatic hydroxyl groups is 1. The molecule has 1 aromatic carbocycles. The number of alkyl halides is 3. The lowest BCUT2D eigenvalue weighted by Crippen LogP contribution is -2.42. The first-order valence-electron chi connectivity index (χ1n) is 9.32. The second-order valence-corrected chi connectivity index (χ2v) is 7.31. The topological polar surface area (TPSA) is 62.4 Å². The normalized spacial score (nSPS) is 17.4. The highest BCUT2D eigenvalue weighted by Gasteiger charge is 2.37. The largest absolute Gasteiger partial charge is 0.416 e. The standard InChI is InChI=1S/C21H20F3N3O2/c22-21(23,24)17-5-1-4-16(11-17)20(28)6-9-27(10-7-20)14-18-12-19(26-29-18)15-3-2-8-25-13-15/h1-5,8,11-13,28H,6-7,9-10,14H2. The Morgan fingerprint density at radius 1 is 1.10 bits per heavy atom. The van der Waals surface area contributed by atoms with Crippen molar-refractivity contribution >= 4 is 0 Å². The summed E-state index contributed by atoms with van der Waals surface area (Å²) in [5.74, 6) is 0.688. The molecule has 4 rings (SSSR count). The van der Waals surface area contributed by atoms with E-state index in [1.807, 2.05) is 18.2 Å². The van der Waals surface area contributed by atoms with Crippen LogP contribution in [0.3, 0.4) is 0 Å². The Morgan fingerprint density at radius 3 is 2.59 bits per heavy atom. The third kappa shape index (κ3) is 4.33. The van der Waals surface area contributed by atoms with Crippen molar-refractivity contribution in [2.75, 3.05) is 13.1 Å². The summed E-state index contributed by atoms with van der Waals surface area (Å²) in [4.78, 5) is 6.15. The monoisotopic (exact) mass is 403 g/mol. The summed E-state index contributed by atoms with van der Waals surface area (Å²) in [6, 6.07) is 10.5. The molecule has 1 N–H and O–H groups in total. The van der Waals surface area contributed by atoms with E-state index in [0.717, 1.165) is 17.7 Å². The van der Waals surface area contributed by atoms with E-state index in [1.165, 1.54) is 6.07 Å². The van der Waals surface area contributed by atoms with Crippen LogP contribution in [-0.4, -0.2) is 33.2 Å². The van der Waals surface area contributed by atoms with E-state index in [2.05, 4.69) is 15.0 Å². The Bertz CT molecular complexity index is 965. The molecule has 0 radical (unpaired) electrons. The van der Waals surface area contributed by atoms with Gasteiger partial charge in [-0.3, -0.25) is 9.88 Å². The molecule has 3 heterocycles. The average Bonchev–Trinajstić information content (AvgIpc) is 3.19. The number of pyridine rings is 1. The van der Waals surface area contributed by atoms with Gasteiger partial charge in [0.15, 0.2) is 5.76 Å². The summed E-state index contributed by atoms with van der Waals surface area (Å²) in [7, 11) is 0. The van der Waals surface area contributed by atoms with E-state index in [1.54, 1.807) is 18.5 Å². The van der Waals surface area contributed by atoms with Crippen LogP contribution in [0.25, 0.3) is 11.3 Å². The van der Waals surface area contributed by atoms with Crippen molar-refractivity contribution < 1.29 is 22.8 Å². The van der Waals surface area contributed by atoms with E-state index in [4.69, 9.17) is 4.52 Å². The van der Waals surface area contributed by atoms with Crippen LogP contribution in [0, 0.1) is 0 Å². The minimum absolute atomic E-state index is 0.311. The first-order valence-corrected chi connectivity index (χ1v) is 9.32. The lowest BCUT2D eigenvalue weighted by Gasteiger charge is -2.38. The zero-order valence-electron chi connectivity index (χ0n) is 15.6. The Balaban J connectivity index is 1.40. The molecule has 0 spiro atoms. The third-order valence-electron chi connectivity index (χ3n) is 5.31. The number of nitrogens with zero attached hydrogens (tertiary/aromatic N) is 3. The van der Waals surface area contributed by atoms with Gasteiger partial charge in [-0.1, -0.05) is 17.3 Å². The van der Waals surface area contributed by atoms with Crippen LogP contribution in [0.1, 0.15) is 29.7 Å². The molecular weight excluding hydrogens is 383 g/mol. The number of aromatic nitrogens is 2. The van der Waals surface area contributed by atoms with Crippen LogP contribution in [0.5, 0.6) is 0 Å². The van der Waals surface area contributed by atoms with Gasteiger partial charge in [-0.2, -0.15) is 13.2 Å². The number of hydrogen-bond donors (Lipinski definition) is 1. The molecule has 0 amide bonds. The molecule has 152 valence electrons. The third-order valence-corrected chi connectivity index (χ3v) is 5.31. The summed E-state index contributed by atoms with van der Waals surface area (Å²) < 4.78 is 44.3. The maximum Gasteiger partial charge on any atom is 0.416 e. The summed E-state index contributed by atoms with van der Waals surface area (Å²) in [5.41, 5.74) is -0.133. The van der Waals surface area contributed by atoms with E-state index in [-0.39, 0.29) is 0 Å². The zero-order valence-corrected chi connectivity index (χ0v) is 15.6. The number of benzene rings is 1. The van der Waals surface area contributed by atoms with Gasteiger partial charge in [0, 0.05) is 37.1 Å². The molecule has 29 heavy (non-hydrogen) atoms. The van der Waals surface area contributed by atoms with Gasteiger partial charge >= 0.3 is 6.18 Å². The van der Waals surface area contributed by atoms with E-state index in [0.29, 0.717) is 49.5 Å². The van der Waals surface area contributed by atoms with Crippen LogP contribution >= 0.6 is 0 Å². The SMILES string of the molecule is OC1(c2cccc(C(F)(F)F)c2)CCN(Cc2cc(-c3cccnc3)no2)CC1. The maximum atomic E-state index is 13.0. The predicted octanol–water partition coefficient (Wildman–Crippen LogP) is 4.24. The Morgan fingerprint density at radius 2 is 1.90 bits per heavy atom. The van der Waals surface area contributed by atoms with E-state index in [9.17, 15) is 18.3 Å². The summed E-state index contributed by atoms with van der Waals surface area (Å²) in [5, 5.41) is 15.0. The smallest absolute Gasteiger partial charge is 0.385 e. The molecule has 0 atom stereocenters. The number of hydrogen-bond acceptors (Lipinski definition) is 5. The summed E-state index contributed by atoms with van der Waals surface area (Å²) in [6.07, 6.45) is -0.345. The molecule has 0 aliphatic carbocycles. The van der Waals surface area contributed by atoms with E-state index >= 15 is 0 Å². The molecule has 0 bridgehead atoms. The van der Waals surface area contributed by atoms with Crippen molar-refractivity contribution in [3.63, 3.8) is 0 Å². The summed E-state index contributed by atoms with van der Waals surface area (Å²) in [6.45, 7) is 1.59. The molecule has 1 saturated heterocycles. The predicted molar refractivity (Wildman–Crippen MR) is 99.6 cm³/mol. The fourth-order valence-corrected chi connectivity index (χ4v) is 3.61. The fraction of sp³-hybridized carbons (Fsp3) is 0.333. The van der Waals surface area contributed by atoms with Crippen LogP contribution in [-0.2, 0) is 18.3 Å². The van der Waals surface area contributed by atoms with Gasteiger partial charge in [-0.05, 0) is 42.7 Å². The second kappa shape index (κ2) is 7.61. The fourth-order valence-electron chi connectivity index (χ4n) is 3.61. The van der Waals surface area contributed by atoms with Crippen molar-refractivity contribution in [1.29, 1.82) is 0 Å². The molecule has 0 saturated carbocycles. The number of piperidine rings is 1. The zero-order chi connectivity index (χ0) is 20.5. The minimum atomic E-state index is -4.43. The quantitative estimate of drug-likeness (QED) is 0.706. The first kappa shape index (κ1) is 19.6. The Hall–Kier alpha value is -2.71. The molecule has 8 heteroatoms. The van der Waals surface area contributed by atoms with Crippen LogP contribution in [0.15, 0.2) is 59.4 Å². The lowest BCUT2D eigenvalue weighted by molar-refractivity contribution is -0.137. The highest BCUT2D eigenvalue weighted by Crippen LogP contribution is 2.37. The average molecular weight is 403 g/mol. The number of likely N-dealkylation sites (tertiary alicyclic amines) is 1. The van der Waals surface area contributed by atoms with Gasteiger partial charge < -0.3 is 9.63 Å². The molecular formula is C21H20F3N3O2. The van der Waals surface area contributed by atoms with Crippen molar-refractivity contribution in [2.45, 2.75) is 31.2 Å². The minimum Gasteiger partial charge on any atom is -0.385 e. The van der Waals surface area contributed by atoms with Gasteiger partial charge in [0.2, 0.25) is 0 Å². The number of rotatable bonds is 4. The molecule has 1 aliphatic rings. The highest BCUT2D eigenvalue weighted by molar-refractivity contribution is 5.57. The highest BCUT2D eigenvalue weighted by atomic mass is 19.4. The van der Waals surface area contributed by atoms with Gasteiger partial charge in [-0.15, -0.1) is 0 Å². The van der Waals surface area contributed by atoms with Crippen molar-refractivity contribution in [2.24, 2.45) is 0 Å². The van der Waals surface area contributed by atoms with Crippen LogP contribution in [0.2, 0.25) is 0 Å². The summed E-state index contributed by atoms with van der Waals surface area (Å²) >= 11 is 0. The molecule has 2 aromatic heterocycles. The first-order chi connectivity index (χ1) is 13.8. The van der Waals surface area contributed by atoms with Crippen molar-refractivity contribution in [3.05, 3.63) is 71.7 Å². The Labute approximate surface area is 165 Å². The molecule has 0 unspecified atom stereocenters. The maximum absolute atomic E-state index is 13.0. The van der Waals surface area contributed by atoms with Crippen LogP contribution < -0.4 is 0 Å². The Kier molecular flexibility index (Phi) is 5.14. The number of halogens is 3. The molecule has 1 aliphatic heterocycles. The molecule has 1 fully saturated rings. The second-order valence-electron chi connectivity index (χ2n) is 7.31. The van der Waals surface area contributed by atoms with Crippen LogP contribution in [0.4, 0.5) is 13.2 Å². The van der Waals surface area contributed by atoms with Gasteiger partial charge in [0.05, 0.1) is 17.7 Å². The van der Waals surface area contributed by atoms with Gasteiger partial charge in [0.25, 0.3) is 0 Å². The van der Waals surface area contributed by atoms with Crippen molar-refractivity contribution in [1.82, 2.24) is 15.0 Å². The molecule has 3 aromatic rings. The van der Waals surface area contributed by atoms with Crippen molar-refractivity contribution in [3.8, 4) is 11.3 Å². The van der Waals surface area contributed by atoms with Gasteiger partial charge in [-0.25, -0.2) is 0 Å². The van der Waals surface area contributed by atoms with E-state index < -0.39 is 17.3 Å².